The van der Waals surface area contributed by atoms with Gasteiger partial charge in [-0.05, 0) is 0 Å². The van der Waals surface area contributed by atoms with Crippen LogP contribution in [0.15, 0.2) is 6.07 Å². The van der Waals surface area contributed by atoms with Crippen LogP contribution in [0.3, 0.4) is 0 Å². The van der Waals surface area contributed by atoms with Gasteiger partial charge in [0, 0.05) is 13.1 Å². The monoisotopic (exact) mass is 208 g/mol. The summed E-state index contributed by atoms with van der Waals surface area (Å²) in [7, 11) is 2.18. The molecule has 0 aromatic carbocycles. The summed E-state index contributed by atoms with van der Waals surface area (Å²) in [6.07, 6.45) is -4.52. The fraction of sp³-hybridized carbons (Fsp3) is 0.429. The van der Waals surface area contributed by atoms with Gasteiger partial charge in [0.15, 0.2) is 5.69 Å². The number of alkyl halides is 3. The largest absolute Gasteiger partial charge is 0.464 e. The third kappa shape index (κ3) is 1.86. The van der Waals surface area contributed by atoms with E-state index in [-0.39, 0.29) is 5.69 Å². The van der Waals surface area contributed by atoms with Gasteiger partial charge in [0.2, 0.25) is 0 Å². The molecule has 14 heavy (non-hydrogen) atoms. The molecule has 0 aliphatic carbocycles. The van der Waals surface area contributed by atoms with E-state index in [1.165, 1.54) is 0 Å². The second-order valence-electron chi connectivity index (χ2n) is 2.53. The molecule has 1 rings (SSSR count). The average Bonchev–Trinajstić information content (AvgIpc) is 2.45. The van der Waals surface area contributed by atoms with Crippen LogP contribution in [0.25, 0.3) is 0 Å². The Morgan fingerprint density at radius 1 is 1.57 bits per heavy atom. The summed E-state index contributed by atoms with van der Waals surface area (Å²) in [6.45, 7) is 0. The number of halogens is 3. The van der Waals surface area contributed by atoms with E-state index in [0.29, 0.717) is 10.7 Å². The quantitative estimate of drug-likeness (QED) is 0.652. The van der Waals surface area contributed by atoms with Crippen molar-refractivity contribution in [2.75, 3.05) is 7.11 Å². The number of aryl methyl sites for hydroxylation is 1. The average molecular weight is 208 g/mol. The molecule has 1 aromatic heterocycles. The smallest absolute Gasteiger partial charge is 0.433 e. The molecule has 0 radical (unpaired) electrons. The van der Waals surface area contributed by atoms with Crippen LogP contribution in [0.1, 0.15) is 16.2 Å². The molecule has 0 saturated heterocycles. The van der Waals surface area contributed by atoms with E-state index in [1.807, 2.05) is 0 Å². The SMILES string of the molecule is COC(=O)c1cc(C(F)(F)F)n(C)n1. The number of rotatable bonds is 1. The van der Waals surface area contributed by atoms with Crippen LogP contribution in [0.4, 0.5) is 13.2 Å². The van der Waals surface area contributed by atoms with Crippen molar-refractivity contribution in [2.45, 2.75) is 6.18 Å². The minimum absolute atomic E-state index is 0.359. The van der Waals surface area contributed by atoms with E-state index in [0.717, 1.165) is 14.2 Å². The molecule has 0 fully saturated rings. The number of aromatic nitrogens is 2. The van der Waals surface area contributed by atoms with E-state index in [4.69, 9.17) is 0 Å². The summed E-state index contributed by atoms with van der Waals surface area (Å²) in [6, 6.07) is 0.645. The van der Waals surface area contributed by atoms with E-state index < -0.39 is 17.8 Å². The van der Waals surface area contributed by atoms with Gasteiger partial charge in [-0.25, -0.2) is 4.79 Å². The molecule has 0 saturated carbocycles. The highest BCUT2D eigenvalue weighted by Crippen LogP contribution is 2.29. The molecular formula is C7H7F3N2O2. The first kappa shape index (κ1) is 10.6. The Hall–Kier alpha value is -1.53. The third-order valence-electron chi connectivity index (χ3n) is 1.56. The Bertz CT molecular complexity index is 356. The fourth-order valence-electron chi connectivity index (χ4n) is 0.937. The highest BCUT2D eigenvalue weighted by Gasteiger charge is 2.35. The van der Waals surface area contributed by atoms with Crippen molar-refractivity contribution in [3.05, 3.63) is 17.5 Å². The number of carbonyl (C=O) groups excluding carboxylic acids is 1. The highest BCUT2D eigenvalue weighted by atomic mass is 19.4. The van der Waals surface area contributed by atoms with Gasteiger partial charge >= 0.3 is 12.1 Å². The van der Waals surface area contributed by atoms with Crippen LogP contribution >= 0.6 is 0 Å². The number of hydrogen-bond acceptors (Lipinski definition) is 3. The zero-order valence-electron chi connectivity index (χ0n) is 7.42. The van der Waals surface area contributed by atoms with Crippen LogP contribution in [-0.2, 0) is 18.0 Å². The molecule has 0 amide bonds. The third-order valence-corrected chi connectivity index (χ3v) is 1.56. The number of carbonyl (C=O) groups is 1. The van der Waals surface area contributed by atoms with Gasteiger partial charge in [-0.15, -0.1) is 0 Å². The predicted molar refractivity (Wildman–Crippen MR) is 39.5 cm³/mol. The lowest BCUT2D eigenvalue weighted by Crippen LogP contribution is -2.11. The van der Waals surface area contributed by atoms with E-state index in [2.05, 4.69) is 9.84 Å². The molecule has 78 valence electrons. The number of nitrogens with zero attached hydrogens (tertiary/aromatic N) is 2. The fourth-order valence-corrected chi connectivity index (χ4v) is 0.937. The molecule has 0 atom stereocenters. The highest BCUT2D eigenvalue weighted by molar-refractivity contribution is 5.87. The maximum absolute atomic E-state index is 12.2. The molecule has 0 unspecified atom stereocenters. The first-order valence-corrected chi connectivity index (χ1v) is 3.56. The second kappa shape index (κ2) is 3.32. The minimum atomic E-state index is -4.52. The van der Waals surface area contributed by atoms with Gasteiger partial charge < -0.3 is 4.74 Å². The molecule has 1 heterocycles. The molecule has 0 N–H and O–H groups in total. The second-order valence-corrected chi connectivity index (χ2v) is 2.53. The summed E-state index contributed by atoms with van der Waals surface area (Å²) in [5.41, 5.74) is -1.35. The number of ether oxygens (including phenoxy) is 1. The zero-order valence-corrected chi connectivity index (χ0v) is 7.42. The summed E-state index contributed by atoms with van der Waals surface area (Å²) in [5, 5.41) is 3.37. The summed E-state index contributed by atoms with van der Waals surface area (Å²) in [5.74, 6) is -0.893. The number of methoxy groups -OCH3 is 1. The molecule has 1 aromatic rings. The zero-order chi connectivity index (χ0) is 10.9. The van der Waals surface area contributed by atoms with Crippen LogP contribution in [0.2, 0.25) is 0 Å². The van der Waals surface area contributed by atoms with Crippen LogP contribution in [-0.4, -0.2) is 22.9 Å². The van der Waals surface area contributed by atoms with E-state index in [1.54, 1.807) is 0 Å². The number of hydrogen-bond donors (Lipinski definition) is 0. The van der Waals surface area contributed by atoms with Crippen molar-refractivity contribution in [2.24, 2.45) is 7.05 Å². The van der Waals surface area contributed by atoms with Crippen LogP contribution in [0.5, 0.6) is 0 Å². The minimum Gasteiger partial charge on any atom is -0.464 e. The summed E-state index contributed by atoms with van der Waals surface area (Å²) >= 11 is 0. The molecule has 0 spiro atoms. The van der Waals surface area contributed by atoms with Crippen LogP contribution < -0.4 is 0 Å². The van der Waals surface area contributed by atoms with Gasteiger partial charge in [-0.2, -0.15) is 18.3 Å². The summed E-state index contributed by atoms with van der Waals surface area (Å²) < 4.78 is 41.5. The Morgan fingerprint density at radius 2 is 2.14 bits per heavy atom. The van der Waals surface area contributed by atoms with Gasteiger partial charge in [0.05, 0.1) is 7.11 Å². The van der Waals surface area contributed by atoms with Crippen molar-refractivity contribution in [1.29, 1.82) is 0 Å². The maximum atomic E-state index is 12.2. The molecule has 0 bridgehead atoms. The summed E-state index contributed by atoms with van der Waals surface area (Å²) in [4.78, 5) is 10.8. The lowest BCUT2D eigenvalue weighted by atomic mass is 10.3. The van der Waals surface area contributed by atoms with Crippen molar-refractivity contribution in [3.8, 4) is 0 Å². The van der Waals surface area contributed by atoms with Gasteiger partial charge in [0.1, 0.15) is 5.69 Å². The lowest BCUT2D eigenvalue weighted by Gasteiger charge is -2.04. The van der Waals surface area contributed by atoms with Crippen molar-refractivity contribution in [3.63, 3.8) is 0 Å². The Kier molecular flexibility index (Phi) is 2.50. The van der Waals surface area contributed by atoms with Crippen molar-refractivity contribution in [1.82, 2.24) is 9.78 Å². The molecule has 7 heteroatoms. The molecule has 0 aliphatic rings. The van der Waals surface area contributed by atoms with Gasteiger partial charge in [-0.3, -0.25) is 4.68 Å². The van der Waals surface area contributed by atoms with E-state index >= 15 is 0 Å². The van der Waals surface area contributed by atoms with Gasteiger partial charge in [-0.1, -0.05) is 0 Å². The Balaban J connectivity index is 3.12. The number of esters is 1. The van der Waals surface area contributed by atoms with Crippen molar-refractivity contribution < 1.29 is 22.7 Å². The molecule has 4 nitrogen and oxygen atoms in total. The van der Waals surface area contributed by atoms with Crippen molar-refractivity contribution >= 4 is 5.97 Å². The van der Waals surface area contributed by atoms with Gasteiger partial charge in [0.25, 0.3) is 0 Å². The Morgan fingerprint density at radius 3 is 2.50 bits per heavy atom. The van der Waals surface area contributed by atoms with Crippen LogP contribution in [0, 0.1) is 0 Å². The topological polar surface area (TPSA) is 44.1 Å². The van der Waals surface area contributed by atoms with E-state index in [9.17, 15) is 18.0 Å². The first-order chi connectivity index (χ1) is 6.36. The standard InChI is InChI=1S/C7H7F3N2O2/c1-12-5(7(8,9)10)3-4(11-12)6(13)14-2/h3H,1-2H3. The normalized spacial score (nSPS) is 11.5. The Labute approximate surface area is 77.3 Å². The molecular weight excluding hydrogens is 201 g/mol. The predicted octanol–water partition coefficient (Wildman–Crippen LogP) is 1.23. The molecule has 0 aliphatic heterocycles. The first-order valence-electron chi connectivity index (χ1n) is 3.56. The maximum Gasteiger partial charge on any atom is 0.433 e. The lowest BCUT2D eigenvalue weighted by molar-refractivity contribution is -0.143.